The molecule has 4 heterocycles. The lowest BCUT2D eigenvalue weighted by atomic mass is 10.1. The number of carbonyl (C=O) groups excluding carboxylic acids is 2. The summed E-state index contributed by atoms with van der Waals surface area (Å²) in [6, 6.07) is 38.2. The molecule has 0 aliphatic rings. The van der Waals surface area contributed by atoms with Gasteiger partial charge in [-0.05, 0) is 98.5 Å². The second kappa shape index (κ2) is 23.3. The molecule has 6 aromatic carbocycles. The number of aromatic carboxylic acids is 2. The summed E-state index contributed by atoms with van der Waals surface area (Å²) in [5.41, 5.74) is 7.97. The van der Waals surface area contributed by atoms with E-state index < -0.39 is 55.9 Å². The van der Waals surface area contributed by atoms with Crippen molar-refractivity contribution in [1.29, 1.82) is 0 Å². The minimum absolute atomic E-state index is 0.0613. The zero-order chi connectivity index (χ0) is 55.1. The van der Waals surface area contributed by atoms with E-state index in [9.17, 15) is 36.0 Å². The van der Waals surface area contributed by atoms with E-state index >= 15 is 0 Å². The van der Waals surface area contributed by atoms with Gasteiger partial charge < -0.3 is 30.8 Å². The number of H-pyrrole nitrogens is 2. The molecule has 4 aromatic heterocycles. The van der Waals surface area contributed by atoms with Crippen molar-refractivity contribution in [3.63, 3.8) is 0 Å². The Hall–Kier alpha value is -8.64. The van der Waals surface area contributed by atoms with Gasteiger partial charge in [0.15, 0.2) is 10.3 Å². The first-order chi connectivity index (χ1) is 37.4. The summed E-state index contributed by atoms with van der Waals surface area (Å²) in [5.74, 6) is -3.17. The largest absolute Gasteiger partial charge is 0.478 e. The Morgan fingerprint density at radius 2 is 0.872 bits per heavy atom. The van der Waals surface area contributed by atoms with E-state index in [-0.39, 0.29) is 44.0 Å². The molecule has 10 aromatic rings. The second-order valence-corrected chi connectivity index (χ2v) is 23.1. The van der Waals surface area contributed by atoms with Crippen molar-refractivity contribution in [2.24, 2.45) is 0 Å². The number of carboxylic acid groups (broad SMARTS) is 2. The molecule has 8 N–H and O–H groups in total. The summed E-state index contributed by atoms with van der Waals surface area (Å²) in [7, 11) is -8.01. The Morgan fingerprint density at radius 3 is 1.23 bits per heavy atom. The number of aryl methyl sites for hydroxylation is 2. The third kappa shape index (κ3) is 12.9. The van der Waals surface area contributed by atoms with E-state index in [0.29, 0.717) is 22.5 Å². The fraction of sp³-hybridized carbons (Fsp3) is 0.107. The van der Waals surface area contributed by atoms with Gasteiger partial charge in [0.05, 0.1) is 32.3 Å². The molecule has 0 fully saturated rings. The number of para-hydroxylation sites is 2. The molecule has 0 aliphatic heterocycles. The highest BCUT2D eigenvalue weighted by Crippen LogP contribution is 2.29. The number of sulfonamides is 2. The van der Waals surface area contributed by atoms with Crippen LogP contribution < -0.4 is 20.1 Å². The first-order valence-electron chi connectivity index (χ1n) is 23.9. The third-order valence-corrected chi connectivity index (χ3v) is 16.9. The molecule has 0 unspecified atom stereocenters. The number of carbonyl (C=O) groups is 4. The van der Waals surface area contributed by atoms with Gasteiger partial charge in [0.25, 0.3) is 0 Å². The lowest BCUT2D eigenvalue weighted by Crippen LogP contribution is -2.45. The molecule has 0 radical (unpaired) electrons. The van der Waals surface area contributed by atoms with Gasteiger partial charge in [-0.1, -0.05) is 96.1 Å². The predicted molar refractivity (Wildman–Crippen MR) is 301 cm³/mol. The highest BCUT2D eigenvalue weighted by molar-refractivity contribution is 7.89. The van der Waals surface area contributed by atoms with Crippen LogP contribution in [0.25, 0.3) is 44.3 Å². The summed E-state index contributed by atoms with van der Waals surface area (Å²) in [6.45, 7) is 3.72. The van der Waals surface area contributed by atoms with Gasteiger partial charge in [0, 0.05) is 56.1 Å². The Morgan fingerprint density at radius 1 is 0.513 bits per heavy atom. The summed E-state index contributed by atoms with van der Waals surface area (Å²) in [5, 5.41) is 29.5. The van der Waals surface area contributed by atoms with Gasteiger partial charge in [-0.15, -0.1) is 22.7 Å². The quantitative estimate of drug-likeness (QED) is 0.0399. The zero-order valence-corrected chi connectivity index (χ0v) is 44.7. The van der Waals surface area contributed by atoms with Gasteiger partial charge >= 0.3 is 11.9 Å². The van der Waals surface area contributed by atoms with Crippen LogP contribution >= 0.6 is 22.7 Å². The fourth-order valence-corrected chi connectivity index (χ4v) is 12.1. The minimum Gasteiger partial charge on any atom is -0.478 e. The monoisotopic (exact) mass is 1120 g/mol. The highest BCUT2D eigenvalue weighted by Gasteiger charge is 2.30. The van der Waals surface area contributed by atoms with Crippen molar-refractivity contribution < 1.29 is 46.2 Å². The molecule has 10 rings (SSSR count). The van der Waals surface area contributed by atoms with E-state index in [4.69, 9.17) is 10.2 Å². The maximum Gasteiger partial charge on any atom is 0.335 e. The molecule has 396 valence electrons. The Bertz CT molecular complexity index is 3780. The number of nitrogens with one attached hydrogen (secondary N) is 6. The summed E-state index contributed by atoms with van der Waals surface area (Å²) in [6.07, 6.45) is 3.76. The molecule has 22 heteroatoms. The third-order valence-electron chi connectivity index (χ3n) is 12.4. The molecule has 78 heavy (non-hydrogen) atoms. The normalized spacial score (nSPS) is 12.3. The number of hydrogen-bond acceptors (Lipinski definition) is 12. The molecular weight excluding hydrogens is 1070 g/mol. The smallest absolute Gasteiger partial charge is 0.335 e. The average molecular weight is 1120 g/mol. The molecule has 0 saturated carbocycles. The molecule has 0 aliphatic carbocycles. The first kappa shape index (κ1) is 54.2. The Labute approximate surface area is 455 Å². The van der Waals surface area contributed by atoms with Crippen molar-refractivity contribution in [3.8, 4) is 22.5 Å². The number of aromatic amines is 2. The second-order valence-electron chi connectivity index (χ2n) is 17.9. The van der Waals surface area contributed by atoms with Crippen molar-refractivity contribution >= 4 is 98.5 Å². The lowest BCUT2D eigenvalue weighted by Gasteiger charge is -2.18. The number of aromatic nitrogens is 4. The van der Waals surface area contributed by atoms with E-state index in [1.807, 2.05) is 62.4 Å². The van der Waals surface area contributed by atoms with Crippen LogP contribution in [-0.4, -0.2) is 82.8 Å². The highest BCUT2D eigenvalue weighted by atomic mass is 32.2. The number of amides is 2. The van der Waals surface area contributed by atoms with E-state index in [2.05, 4.69) is 40.0 Å². The van der Waals surface area contributed by atoms with Crippen LogP contribution in [0.4, 0.5) is 10.3 Å². The minimum atomic E-state index is -4.00. The summed E-state index contributed by atoms with van der Waals surface area (Å²) >= 11 is 2.37. The van der Waals surface area contributed by atoms with Crippen LogP contribution in [0.5, 0.6) is 0 Å². The molecule has 0 spiro atoms. The Kier molecular flexibility index (Phi) is 16.2. The van der Waals surface area contributed by atoms with Crippen molar-refractivity contribution in [3.05, 3.63) is 202 Å². The first-order valence-corrected chi connectivity index (χ1v) is 28.6. The lowest BCUT2D eigenvalue weighted by molar-refractivity contribution is -0.118. The number of fused-ring (bicyclic) bond motifs is 2. The van der Waals surface area contributed by atoms with Crippen LogP contribution in [0.3, 0.4) is 0 Å². The van der Waals surface area contributed by atoms with Crippen molar-refractivity contribution in [1.82, 2.24) is 29.4 Å². The van der Waals surface area contributed by atoms with Crippen molar-refractivity contribution in [2.45, 2.75) is 48.6 Å². The van der Waals surface area contributed by atoms with Gasteiger partial charge in [0.2, 0.25) is 31.9 Å². The molecule has 2 atom stereocenters. The van der Waals surface area contributed by atoms with Crippen LogP contribution in [0.1, 0.15) is 43.0 Å². The molecule has 18 nitrogen and oxygen atoms in total. The number of rotatable bonds is 18. The van der Waals surface area contributed by atoms with Crippen LogP contribution in [-0.2, 0) is 42.5 Å². The standard InChI is InChI=1S/2C28H24N4O5S2/c2*1-17-6-12-21(13-7-17)39(36,37)32-24(14-20-15-29-23-5-3-2-4-22(20)23)26(33)31-28-30-25(16-38-28)18-8-10-19(11-9-18)27(34)35/h2*2-13,15-16,24,29,32H,14H2,1H3,(H,34,35)(H,30,31,33)/t2*24-/m00/s1. The maximum absolute atomic E-state index is 13.5. The predicted octanol–water partition coefficient (Wildman–Crippen LogP) is 9.65. The van der Waals surface area contributed by atoms with Gasteiger partial charge in [0.1, 0.15) is 12.1 Å². The number of benzene rings is 6. The average Bonchev–Trinajstić information content (AvgIpc) is 4.29. The van der Waals surface area contributed by atoms with E-state index in [0.717, 1.165) is 44.1 Å². The topological polar surface area (TPSA) is 282 Å². The van der Waals surface area contributed by atoms with Gasteiger partial charge in [-0.2, -0.15) is 9.44 Å². The SMILES string of the molecule is Cc1ccc(S(=O)(=O)N[C@@H](Cc2c[nH]c3ccccc23)C(=O)Nc2nc(-c3ccc(C(=O)O)cc3)cs2)cc1.Cc1ccc(S(=O)(=O)N[C@@H](Cc2c[nH]c3ccccc23)C(=O)Nc2nc(-c3ccc(C(=O)O)cc3)cs2)cc1. The molecule has 2 amide bonds. The van der Waals surface area contributed by atoms with E-state index in [1.165, 1.54) is 71.2 Å². The number of hydrogen-bond donors (Lipinski definition) is 8. The van der Waals surface area contributed by atoms with Crippen LogP contribution in [0.2, 0.25) is 0 Å². The summed E-state index contributed by atoms with van der Waals surface area (Å²) < 4.78 is 58.0. The van der Waals surface area contributed by atoms with Gasteiger partial charge in [-0.3, -0.25) is 9.59 Å². The summed E-state index contributed by atoms with van der Waals surface area (Å²) in [4.78, 5) is 64.5. The number of nitrogens with zero attached hydrogens (tertiary/aromatic N) is 2. The Balaban J connectivity index is 0.000000190. The number of carboxylic acids is 2. The van der Waals surface area contributed by atoms with Crippen molar-refractivity contribution in [2.75, 3.05) is 10.6 Å². The fourth-order valence-electron chi connectivity index (χ4n) is 8.24. The van der Waals surface area contributed by atoms with Crippen LogP contribution in [0.15, 0.2) is 179 Å². The molecule has 0 bridgehead atoms. The maximum atomic E-state index is 13.5. The molecular formula is C56H48N8O10S4. The van der Waals surface area contributed by atoms with E-state index in [1.54, 1.807) is 71.7 Å². The number of thiazole rings is 2. The number of anilines is 2. The zero-order valence-electron chi connectivity index (χ0n) is 41.4. The van der Waals surface area contributed by atoms with Gasteiger partial charge in [-0.25, -0.2) is 36.4 Å². The van der Waals surface area contributed by atoms with Crippen LogP contribution in [0, 0.1) is 13.8 Å². The molecule has 0 saturated heterocycles.